The Morgan fingerprint density at radius 1 is 1.42 bits per heavy atom. The van der Waals surface area contributed by atoms with Crippen molar-refractivity contribution in [3.05, 3.63) is 0 Å². The van der Waals surface area contributed by atoms with Gasteiger partial charge in [-0.15, -0.1) is 0 Å². The Morgan fingerprint density at radius 3 is 2.58 bits per heavy atom. The fraction of sp³-hybridized carbons (Fsp3) is 0.917. The van der Waals surface area contributed by atoms with Gasteiger partial charge in [-0.1, -0.05) is 13.8 Å². The summed E-state index contributed by atoms with van der Waals surface area (Å²) in [7, 11) is -3.23. The first kappa shape index (κ1) is 16.4. The zero-order chi connectivity index (χ0) is 14.6. The minimum atomic E-state index is -3.23. The molecule has 1 aliphatic heterocycles. The van der Waals surface area contributed by atoms with Gasteiger partial charge in [-0.05, 0) is 25.2 Å². The highest BCUT2D eigenvalue weighted by molar-refractivity contribution is 7.88. The highest BCUT2D eigenvalue weighted by Crippen LogP contribution is 2.18. The number of nitrogens with zero attached hydrogens (tertiary/aromatic N) is 1. The molecule has 2 atom stereocenters. The van der Waals surface area contributed by atoms with Gasteiger partial charge in [-0.2, -0.15) is 0 Å². The number of piperidine rings is 1. The lowest BCUT2D eigenvalue weighted by atomic mass is 9.98. The summed E-state index contributed by atoms with van der Waals surface area (Å²) in [6, 6.07) is -0.598. The number of nitrogens with one attached hydrogen (secondary N) is 1. The standard InChI is InChI=1S/C12H25N3O3S/c1-9(2)11(13)12(16)15-7-5-4-6-10(15)8-14-19(3,17)18/h9-11,14H,4-8,13H2,1-3H3/t10?,11-/m0/s1. The molecule has 0 aliphatic carbocycles. The minimum absolute atomic E-state index is 0.0741. The zero-order valence-corrected chi connectivity index (χ0v) is 12.7. The molecule has 0 bridgehead atoms. The third kappa shape index (κ3) is 5.08. The summed E-state index contributed by atoms with van der Waals surface area (Å²) >= 11 is 0. The lowest BCUT2D eigenvalue weighted by Gasteiger charge is -2.37. The topological polar surface area (TPSA) is 92.5 Å². The quantitative estimate of drug-likeness (QED) is 0.740. The van der Waals surface area contributed by atoms with Crippen LogP contribution < -0.4 is 10.5 Å². The molecule has 1 rings (SSSR count). The van der Waals surface area contributed by atoms with Gasteiger partial charge in [0.05, 0.1) is 12.3 Å². The number of nitrogens with two attached hydrogens (primary N) is 1. The van der Waals surface area contributed by atoms with Gasteiger partial charge < -0.3 is 10.6 Å². The molecule has 0 saturated carbocycles. The van der Waals surface area contributed by atoms with Crippen molar-refractivity contribution in [1.82, 2.24) is 9.62 Å². The SMILES string of the molecule is CC(C)[C@H](N)C(=O)N1CCCCC1CNS(C)(=O)=O. The lowest BCUT2D eigenvalue weighted by molar-refractivity contribution is -0.137. The van der Waals surface area contributed by atoms with Crippen LogP contribution in [0.1, 0.15) is 33.1 Å². The van der Waals surface area contributed by atoms with Gasteiger partial charge in [0, 0.05) is 19.1 Å². The summed E-state index contributed by atoms with van der Waals surface area (Å²) < 4.78 is 24.8. The Morgan fingerprint density at radius 2 is 2.05 bits per heavy atom. The van der Waals surface area contributed by atoms with E-state index in [9.17, 15) is 13.2 Å². The molecule has 1 aliphatic rings. The van der Waals surface area contributed by atoms with E-state index in [-0.39, 0.29) is 24.4 Å². The fourth-order valence-electron chi connectivity index (χ4n) is 2.23. The second kappa shape index (κ2) is 6.67. The molecule has 0 aromatic rings. The molecule has 19 heavy (non-hydrogen) atoms. The van der Waals surface area contributed by atoms with Crippen LogP contribution in [0.25, 0.3) is 0 Å². The number of carbonyl (C=O) groups is 1. The number of likely N-dealkylation sites (tertiary alicyclic amines) is 1. The van der Waals surface area contributed by atoms with Gasteiger partial charge in [0.2, 0.25) is 15.9 Å². The summed E-state index contributed by atoms with van der Waals surface area (Å²) in [5.41, 5.74) is 5.91. The van der Waals surface area contributed by atoms with E-state index in [0.717, 1.165) is 25.5 Å². The van der Waals surface area contributed by atoms with E-state index in [2.05, 4.69) is 4.72 Å². The van der Waals surface area contributed by atoms with Crippen molar-refractivity contribution in [2.24, 2.45) is 11.7 Å². The Labute approximate surface area is 115 Å². The average Bonchev–Trinajstić information content (AvgIpc) is 2.34. The van der Waals surface area contributed by atoms with E-state index in [4.69, 9.17) is 5.73 Å². The monoisotopic (exact) mass is 291 g/mol. The van der Waals surface area contributed by atoms with Crippen molar-refractivity contribution < 1.29 is 13.2 Å². The van der Waals surface area contributed by atoms with E-state index in [1.807, 2.05) is 13.8 Å². The van der Waals surface area contributed by atoms with Gasteiger partial charge in [0.1, 0.15) is 0 Å². The van der Waals surface area contributed by atoms with E-state index in [1.165, 1.54) is 0 Å². The van der Waals surface area contributed by atoms with Crippen LogP contribution in [0.4, 0.5) is 0 Å². The third-order valence-electron chi connectivity index (χ3n) is 3.49. The molecule has 0 aromatic heterocycles. The van der Waals surface area contributed by atoms with Crippen molar-refractivity contribution in [3.8, 4) is 0 Å². The zero-order valence-electron chi connectivity index (χ0n) is 11.9. The summed E-state index contributed by atoms with van der Waals surface area (Å²) in [5, 5.41) is 0. The van der Waals surface area contributed by atoms with Crippen molar-refractivity contribution in [1.29, 1.82) is 0 Å². The van der Waals surface area contributed by atoms with Crippen LogP contribution in [-0.2, 0) is 14.8 Å². The second-order valence-electron chi connectivity index (χ2n) is 5.57. The molecular formula is C12H25N3O3S. The first-order valence-corrected chi connectivity index (χ1v) is 8.62. The first-order valence-electron chi connectivity index (χ1n) is 6.73. The molecule has 1 amide bonds. The Bertz CT molecular complexity index is 408. The first-order chi connectivity index (χ1) is 8.72. The Hall–Kier alpha value is -0.660. The highest BCUT2D eigenvalue weighted by atomic mass is 32.2. The van der Waals surface area contributed by atoms with Crippen LogP contribution in [0.3, 0.4) is 0 Å². The fourth-order valence-corrected chi connectivity index (χ4v) is 2.72. The maximum atomic E-state index is 12.3. The van der Waals surface area contributed by atoms with Crippen molar-refractivity contribution in [2.75, 3.05) is 19.3 Å². The predicted octanol–water partition coefficient (Wildman–Crippen LogP) is -0.1000. The third-order valence-corrected chi connectivity index (χ3v) is 4.19. The molecule has 1 heterocycles. The van der Waals surface area contributed by atoms with E-state index in [1.54, 1.807) is 4.90 Å². The molecule has 112 valence electrons. The molecule has 1 unspecified atom stereocenters. The van der Waals surface area contributed by atoms with Crippen LogP contribution in [0.2, 0.25) is 0 Å². The van der Waals surface area contributed by atoms with Crippen LogP contribution in [0, 0.1) is 5.92 Å². The summed E-state index contributed by atoms with van der Waals surface area (Å²) in [6.45, 7) is 4.76. The molecule has 6 nitrogen and oxygen atoms in total. The van der Waals surface area contributed by atoms with Crippen molar-refractivity contribution in [2.45, 2.75) is 45.2 Å². The van der Waals surface area contributed by atoms with Crippen molar-refractivity contribution >= 4 is 15.9 Å². The van der Waals surface area contributed by atoms with Crippen molar-refractivity contribution in [3.63, 3.8) is 0 Å². The molecule has 0 radical (unpaired) electrons. The smallest absolute Gasteiger partial charge is 0.240 e. The molecule has 1 fully saturated rings. The molecule has 0 spiro atoms. The minimum Gasteiger partial charge on any atom is -0.337 e. The molecule has 0 aromatic carbocycles. The normalized spacial score (nSPS) is 22.6. The Balaban J connectivity index is 2.69. The summed E-state index contributed by atoms with van der Waals surface area (Å²) in [6.07, 6.45) is 3.91. The van der Waals surface area contributed by atoms with E-state index in [0.29, 0.717) is 6.54 Å². The molecule has 1 saturated heterocycles. The predicted molar refractivity (Wildman–Crippen MR) is 75.0 cm³/mol. The number of amides is 1. The summed E-state index contributed by atoms with van der Waals surface area (Å²) in [5.74, 6) is 0.00736. The number of hydrogen-bond donors (Lipinski definition) is 2. The number of hydrogen-bond acceptors (Lipinski definition) is 4. The van der Waals surface area contributed by atoms with Crippen LogP contribution in [-0.4, -0.2) is 50.7 Å². The molecule has 3 N–H and O–H groups in total. The van der Waals surface area contributed by atoms with Crippen LogP contribution in [0.5, 0.6) is 0 Å². The number of sulfonamides is 1. The molecular weight excluding hydrogens is 266 g/mol. The van der Waals surface area contributed by atoms with Gasteiger partial charge >= 0.3 is 0 Å². The highest BCUT2D eigenvalue weighted by Gasteiger charge is 2.31. The van der Waals surface area contributed by atoms with Gasteiger partial charge in [0.25, 0.3) is 0 Å². The second-order valence-corrected chi connectivity index (χ2v) is 7.40. The maximum absolute atomic E-state index is 12.3. The number of rotatable bonds is 5. The van der Waals surface area contributed by atoms with Gasteiger partial charge in [0.15, 0.2) is 0 Å². The van der Waals surface area contributed by atoms with Crippen LogP contribution in [0.15, 0.2) is 0 Å². The average molecular weight is 291 g/mol. The van der Waals surface area contributed by atoms with E-state index >= 15 is 0 Å². The Kier molecular flexibility index (Phi) is 5.76. The maximum Gasteiger partial charge on any atom is 0.240 e. The largest absolute Gasteiger partial charge is 0.337 e. The van der Waals surface area contributed by atoms with Gasteiger partial charge in [-0.25, -0.2) is 13.1 Å². The van der Waals surface area contributed by atoms with Crippen LogP contribution >= 0.6 is 0 Å². The van der Waals surface area contributed by atoms with E-state index < -0.39 is 16.1 Å². The van der Waals surface area contributed by atoms with Gasteiger partial charge in [-0.3, -0.25) is 4.79 Å². The summed E-state index contributed by atoms with van der Waals surface area (Å²) in [4.78, 5) is 14.0. The molecule has 7 heteroatoms. The number of carbonyl (C=O) groups excluding carboxylic acids is 1. The lowest BCUT2D eigenvalue weighted by Crippen LogP contribution is -2.55.